The first-order valence-electron chi connectivity index (χ1n) is 8.73. The van der Waals surface area contributed by atoms with E-state index in [1.165, 1.54) is 38.7 Å². The van der Waals surface area contributed by atoms with Crippen LogP contribution in [-0.2, 0) is 24.1 Å². The number of para-hydroxylation sites is 1. The third-order valence-corrected chi connectivity index (χ3v) is 6.26. The van der Waals surface area contributed by atoms with Crippen molar-refractivity contribution in [3.63, 3.8) is 0 Å². The Bertz CT molecular complexity index is 965. The first-order valence-corrected chi connectivity index (χ1v) is 10.6. The van der Waals surface area contributed by atoms with E-state index in [0.717, 1.165) is 11.1 Å². The van der Waals surface area contributed by atoms with Crippen molar-refractivity contribution in [1.29, 1.82) is 0 Å². The fourth-order valence-electron chi connectivity index (χ4n) is 3.43. The number of halogens is 2. The van der Waals surface area contributed by atoms with Crippen LogP contribution in [-0.4, -0.2) is 0 Å². The molecule has 0 bridgehead atoms. The van der Waals surface area contributed by atoms with Crippen LogP contribution < -0.4 is 3.80 Å². The molecule has 0 atom stereocenters. The molecule has 3 aromatic carbocycles. The normalized spacial score (nSPS) is 12.5. The monoisotopic (exact) mass is 431 g/mol. The molecule has 0 saturated heterocycles. The maximum atomic E-state index is 3.68. The summed E-state index contributed by atoms with van der Waals surface area (Å²) in [6.07, 6.45) is 5.73. The van der Waals surface area contributed by atoms with Gasteiger partial charge in [-0.25, -0.2) is 0 Å². The van der Waals surface area contributed by atoms with E-state index >= 15 is 0 Å². The molecular weight excluding hydrogens is 409 g/mol. The van der Waals surface area contributed by atoms with Crippen molar-refractivity contribution in [2.24, 2.45) is 0 Å². The van der Waals surface area contributed by atoms with Gasteiger partial charge in [0.1, 0.15) is 0 Å². The average Bonchev–Trinajstić information content (AvgIpc) is 3.09. The number of nitrogens with one attached hydrogen (secondary N) is 1. The molecule has 3 aromatic rings. The number of hydrogen-bond acceptors (Lipinski definition) is 1. The third kappa shape index (κ3) is 5.06. The van der Waals surface area contributed by atoms with Crippen LogP contribution in [0, 0.1) is 0 Å². The smallest absolute Gasteiger partial charge is 0.147 e. The molecule has 138 valence electrons. The molecule has 1 nitrogen and oxygen atoms in total. The minimum absolute atomic E-state index is 0. The van der Waals surface area contributed by atoms with Crippen LogP contribution in [0.1, 0.15) is 24.5 Å². The number of hydrogen-bond donors (Lipinski definition) is 1. The van der Waals surface area contributed by atoms with Crippen molar-refractivity contribution in [2.75, 3.05) is 3.80 Å². The Hall–Kier alpha value is -1.51. The predicted octanol–water partition coefficient (Wildman–Crippen LogP) is 7.03. The van der Waals surface area contributed by atoms with Gasteiger partial charge in [0.2, 0.25) is 0 Å². The van der Waals surface area contributed by atoms with E-state index in [1.54, 1.807) is 0 Å². The molecule has 0 saturated carbocycles. The second kappa shape index (κ2) is 10.2. The molecule has 0 aliphatic heterocycles. The van der Waals surface area contributed by atoms with Crippen molar-refractivity contribution in [1.82, 2.24) is 0 Å². The van der Waals surface area contributed by atoms with E-state index in [2.05, 4.69) is 89.6 Å². The number of rotatable bonds is 5. The fraction of sp³-hybridized carbons (Fsp3) is 0.130. The maximum Gasteiger partial charge on any atom is -0.147 e. The van der Waals surface area contributed by atoms with E-state index in [4.69, 9.17) is 0 Å². The van der Waals surface area contributed by atoms with Crippen molar-refractivity contribution in [3.05, 3.63) is 95.6 Å². The van der Waals surface area contributed by atoms with Crippen molar-refractivity contribution in [3.8, 4) is 0 Å². The Labute approximate surface area is 183 Å². The van der Waals surface area contributed by atoms with Crippen LogP contribution in [0.2, 0.25) is 0 Å². The molecule has 1 N–H and O–H groups in total. The van der Waals surface area contributed by atoms with Crippen LogP contribution in [0.3, 0.4) is 0 Å². The van der Waals surface area contributed by atoms with Gasteiger partial charge in [-0.1, -0.05) is 0 Å². The zero-order valence-corrected chi connectivity index (χ0v) is 18.4. The van der Waals surface area contributed by atoms with E-state index in [9.17, 15) is 0 Å². The summed E-state index contributed by atoms with van der Waals surface area (Å²) in [7, 11) is 0. The minimum Gasteiger partial charge on any atom is -0.147 e. The summed E-state index contributed by atoms with van der Waals surface area (Å²) >= 11 is -0.293. The van der Waals surface area contributed by atoms with Gasteiger partial charge in [0.15, 0.2) is 0 Å². The minimum atomic E-state index is -0.293. The summed E-state index contributed by atoms with van der Waals surface area (Å²) in [5, 5.41) is 2.75. The standard InChI is InChI=1S/C17H15.C6H6N.2ClH.Ti/c1-12-7-8-15(11-12)17-10-9-14-5-3-4-6-16(14)13(17)2;7-6-4-2-1-3-5-6;;;/h3-7,9-11H,2,8H2,1H3;1-5,7H;2*1H;/q;-1;;;+1. The molecule has 0 aromatic heterocycles. The largest absolute Gasteiger partial charge is 0.147 e. The van der Waals surface area contributed by atoms with Crippen LogP contribution in [0.15, 0.2) is 84.5 Å². The van der Waals surface area contributed by atoms with Gasteiger partial charge in [0, 0.05) is 0 Å². The number of anilines is 1. The van der Waals surface area contributed by atoms with Crippen molar-refractivity contribution < 1.29 is 19.4 Å². The van der Waals surface area contributed by atoms with Crippen LogP contribution >= 0.6 is 24.8 Å². The number of fused-ring (bicyclic) bond motifs is 1. The van der Waals surface area contributed by atoms with E-state index in [-0.39, 0.29) is 44.2 Å². The van der Waals surface area contributed by atoms with Gasteiger partial charge in [0.05, 0.1) is 0 Å². The number of benzene rings is 3. The Balaban J connectivity index is 0.00000131. The zero-order chi connectivity index (χ0) is 17.1. The Morgan fingerprint density at radius 1 is 0.889 bits per heavy atom. The molecule has 1 aliphatic rings. The molecule has 0 spiro atoms. The summed E-state index contributed by atoms with van der Waals surface area (Å²) in [6.45, 7) is 2.19. The van der Waals surface area contributed by atoms with E-state index in [0.29, 0.717) is 0 Å². The SMILES string of the molecule is CC1=CCC(c2ccc3ccccc3c2[CH2][Ti][NH]c2ccccc2)=C1.Cl.Cl. The van der Waals surface area contributed by atoms with Gasteiger partial charge in [-0.2, -0.15) is 0 Å². The van der Waals surface area contributed by atoms with Gasteiger partial charge in [-0.15, -0.1) is 24.8 Å². The molecule has 0 heterocycles. The molecule has 0 unspecified atom stereocenters. The predicted molar refractivity (Wildman–Crippen MR) is 119 cm³/mol. The Kier molecular flexibility index (Phi) is 8.19. The van der Waals surface area contributed by atoms with Gasteiger partial charge in [-0.05, 0) is 0 Å². The first kappa shape index (κ1) is 21.8. The second-order valence-corrected chi connectivity index (χ2v) is 7.97. The third-order valence-electron chi connectivity index (χ3n) is 4.70. The summed E-state index contributed by atoms with van der Waals surface area (Å²) in [6, 6.07) is 23.9. The molecule has 4 heteroatoms. The van der Waals surface area contributed by atoms with Crippen molar-refractivity contribution in [2.45, 2.75) is 18.1 Å². The first-order chi connectivity index (χ1) is 12.3. The zero-order valence-electron chi connectivity index (χ0n) is 15.2. The maximum absolute atomic E-state index is 3.68. The molecule has 0 amide bonds. The molecule has 1 aliphatic carbocycles. The summed E-state index contributed by atoms with van der Waals surface area (Å²) in [5.74, 6) is 0. The van der Waals surface area contributed by atoms with Gasteiger partial charge < -0.3 is 0 Å². The summed E-state index contributed by atoms with van der Waals surface area (Å²) in [4.78, 5) is 0. The summed E-state index contributed by atoms with van der Waals surface area (Å²) in [5.41, 5.74) is 7.03. The second-order valence-electron chi connectivity index (χ2n) is 6.48. The fourth-order valence-corrected chi connectivity index (χ4v) is 5.02. The van der Waals surface area contributed by atoms with Crippen molar-refractivity contribution >= 4 is 46.8 Å². The quantitative estimate of drug-likeness (QED) is 0.427. The molecule has 0 fully saturated rings. The number of allylic oxidation sites excluding steroid dienone is 4. The average molecular weight is 432 g/mol. The Morgan fingerprint density at radius 3 is 2.37 bits per heavy atom. The van der Waals surface area contributed by atoms with Crippen LogP contribution in [0.25, 0.3) is 16.3 Å². The van der Waals surface area contributed by atoms with Crippen LogP contribution in [0.5, 0.6) is 0 Å². The van der Waals surface area contributed by atoms with Gasteiger partial charge in [-0.3, -0.25) is 0 Å². The molecule has 0 radical (unpaired) electrons. The topological polar surface area (TPSA) is 12.0 Å². The van der Waals surface area contributed by atoms with E-state index in [1.807, 2.05) is 0 Å². The Morgan fingerprint density at radius 2 is 1.63 bits per heavy atom. The van der Waals surface area contributed by atoms with Gasteiger partial charge in [0.25, 0.3) is 0 Å². The van der Waals surface area contributed by atoms with Gasteiger partial charge >= 0.3 is 159 Å². The summed E-state index contributed by atoms with van der Waals surface area (Å²) < 4.78 is 4.82. The molecule has 27 heavy (non-hydrogen) atoms. The molecular formula is C23H23Cl2NTi. The van der Waals surface area contributed by atoms with Crippen LogP contribution in [0.4, 0.5) is 5.69 Å². The van der Waals surface area contributed by atoms with E-state index < -0.39 is 0 Å². The molecule has 4 rings (SSSR count).